The van der Waals surface area contributed by atoms with Crippen LogP contribution in [0.4, 0.5) is 0 Å². The third kappa shape index (κ3) is 2.76. The Morgan fingerprint density at radius 2 is 2.00 bits per heavy atom. The van der Waals surface area contributed by atoms with Crippen molar-refractivity contribution >= 4 is 22.6 Å². The normalized spacial score (nSPS) is 14.3. The van der Waals surface area contributed by atoms with Crippen molar-refractivity contribution in [3.63, 3.8) is 0 Å². The van der Waals surface area contributed by atoms with Crippen LogP contribution in [0, 0.1) is 11.3 Å². The Kier molecular flexibility index (Phi) is 3.86. The van der Waals surface area contributed by atoms with Crippen molar-refractivity contribution in [1.82, 2.24) is 14.5 Å². The largest absolute Gasteiger partial charge is 0.326 e. The smallest absolute Gasteiger partial charge is 0.127 e. The van der Waals surface area contributed by atoms with Gasteiger partial charge in [-0.25, -0.2) is 4.98 Å². The van der Waals surface area contributed by atoms with Crippen molar-refractivity contribution in [2.45, 2.75) is 46.5 Å². The monoisotopic (exact) mass is 279 g/mol. The molecule has 0 aliphatic rings. The summed E-state index contributed by atoms with van der Waals surface area (Å²) in [7, 11) is 0. The van der Waals surface area contributed by atoms with E-state index in [1.54, 1.807) is 6.20 Å². The van der Waals surface area contributed by atoms with Crippen LogP contribution in [0.1, 0.15) is 45.8 Å². The van der Waals surface area contributed by atoms with E-state index in [1.807, 2.05) is 19.2 Å². The summed E-state index contributed by atoms with van der Waals surface area (Å²) in [5.41, 5.74) is 2.23. The van der Waals surface area contributed by atoms with E-state index in [0.29, 0.717) is 5.92 Å². The molecular weight excluding hydrogens is 258 g/mol. The number of aromatic nitrogens is 3. The quantitative estimate of drug-likeness (QED) is 0.776. The highest BCUT2D eigenvalue weighted by Crippen LogP contribution is 2.32. The average molecular weight is 280 g/mol. The van der Waals surface area contributed by atoms with Gasteiger partial charge < -0.3 is 4.57 Å². The van der Waals surface area contributed by atoms with Crippen molar-refractivity contribution in [3.8, 4) is 0 Å². The summed E-state index contributed by atoms with van der Waals surface area (Å²) >= 11 is 6.28. The van der Waals surface area contributed by atoms with Crippen molar-refractivity contribution in [1.29, 1.82) is 0 Å². The van der Waals surface area contributed by atoms with Crippen LogP contribution in [-0.2, 0) is 6.54 Å². The second-order valence-corrected chi connectivity index (χ2v) is 6.83. The van der Waals surface area contributed by atoms with Gasteiger partial charge in [-0.15, -0.1) is 11.6 Å². The van der Waals surface area contributed by atoms with Crippen molar-refractivity contribution < 1.29 is 0 Å². The van der Waals surface area contributed by atoms with Crippen LogP contribution in [0.25, 0.3) is 11.0 Å². The fourth-order valence-electron chi connectivity index (χ4n) is 2.06. The molecule has 19 heavy (non-hydrogen) atoms. The molecule has 0 amide bonds. The topological polar surface area (TPSA) is 30.7 Å². The van der Waals surface area contributed by atoms with E-state index in [0.717, 1.165) is 23.4 Å². The lowest BCUT2D eigenvalue weighted by atomic mass is 9.81. The lowest BCUT2D eigenvalue weighted by Crippen LogP contribution is -2.26. The predicted molar refractivity (Wildman–Crippen MR) is 80.4 cm³/mol. The SMILES string of the molecule is CC(Cl)c1nc2cnccc2n1CC(C)(C)C(C)C. The van der Waals surface area contributed by atoms with Crippen molar-refractivity contribution in [2.24, 2.45) is 11.3 Å². The molecular formula is C15H22ClN3. The molecule has 2 rings (SSSR count). The second kappa shape index (κ2) is 5.12. The molecule has 3 nitrogen and oxygen atoms in total. The Labute approximate surface area is 120 Å². The van der Waals surface area contributed by atoms with Gasteiger partial charge in [0, 0.05) is 12.7 Å². The Morgan fingerprint density at radius 1 is 1.32 bits per heavy atom. The number of halogens is 1. The molecule has 1 unspecified atom stereocenters. The molecule has 0 bridgehead atoms. The lowest BCUT2D eigenvalue weighted by Gasteiger charge is -2.30. The fraction of sp³-hybridized carbons (Fsp3) is 0.600. The van der Waals surface area contributed by atoms with E-state index in [2.05, 4.69) is 42.2 Å². The van der Waals surface area contributed by atoms with Crippen LogP contribution in [-0.4, -0.2) is 14.5 Å². The van der Waals surface area contributed by atoms with E-state index >= 15 is 0 Å². The van der Waals surface area contributed by atoms with E-state index in [4.69, 9.17) is 11.6 Å². The number of pyridine rings is 1. The molecule has 2 heterocycles. The molecule has 0 aliphatic heterocycles. The van der Waals surface area contributed by atoms with Crippen LogP contribution in [0.3, 0.4) is 0 Å². The van der Waals surface area contributed by atoms with Crippen LogP contribution in [0.5, 0.6) is 0 Å². The molecule has 2 aromatic rings. The summed E-state index contributed by atoms with van der Waals surface area (Å²) in [4.78, 5) is 8.76. The van der Waals surface area contributed by atoms with Gasteiger partial charge in [0.2, 0.25) is 0 Å². The molecule has 0 aliphatic carbocycles. The Balaban J connectivity index is 2.54. The molecule has 0 saturated heterocycles. The molecule has 2 aromatic heterocycles. The Hall–Kier alpha value is -1.09. The van der Waals surface area contributed by atoms with Gasteiger partial charge in [0.25, 0.3) is 0 Å². The van der Waals surface area contributed by atoms with E-state index in [9.17, 15) is 0 Å². The van der Waals surface area contributed by atoms with Crippen molar-refractivity contribution in [3.05, 3.63) is 24.3 Å². The summed E-state index contributed by atoms with van der Waals surface area (Å²) in [5.74, 6) is 1.52. The Bertz CT molecular complexity index is 570. The first-order chi connectivity index (χ1) is 8.83. The maximum Gasteiger partial charge on any atom is 0.127 e. The minimum atomic E-state index is -0.102. The molecule has 0 radical (unpaired) electrons. The molecule has 104 valence electrons. The summed E-state index contributed by atoms with van der Waals surface area (Å²) in [6, 6.07) is 2.02. The predicted octanol–water partition coefficient (Wildman–Crippen LogP) is 4.41. The third-order valence-electron chi connectivity index (χ3n) is 4.06. The van der Waals surface area contributed by atoms with E-state index < -0.39 is 0 Å². The maximum atomic E-state index is 6.28. The van der Waals surface area contributed by atoms with Crippen molar-refractivity contribution in [2.75, 3.05) is 0 Å². The number of imidazole rings is 1. The summed E-state index contributed by atoms with van der Waals surface area (Å²) in [6.07, 6.45) is 3.61. The first-order valence-electron chi connectivity index (χ1n) is 6.77. The van der Waals surface area contributed by atoms with E-state index in [-0.39, 0.29) is 10.8 Å². The summed E-state index contributed by atoms with van der Waals surface area (Å²) in [5, 5.41) is -0.102. The minimum Gasteiger partial charge on any atom is -0.326 e. The molecule has 0 spiro atoms. The number of rotatable bonds is 4. The molecule has 0 N–H and O–H groups in total. The Morgan fingerprint density at radius 3 is 2.58 bits per heavy atom. The zero-order chi connectivity index (χ0) is 14.2. The number of alkyl halides is 1. The fourth-order valence-corrected chi connectivity index (χ4v) is 2.23. The average Bonchev–Trinajstić information content (AvgIpc) is 2.68. The molecule has 0 saturated carbocycles. The third-order valence-corrected chi connectivity index (χ3v) is 4.26. The van der Waals surface area contributed by atoms with Gasteiger partial charge >= 0.3 is 0 Å². The van der Waals surface area contributed by atoms with Crippen LogP contribution in [0.15, 0.2) is 18.5 Å². The zero-order valence-electron chi connectivity index (χ0n) is 12.3. The van der Waals surface area contributed by atoms with Gasteiger partial charge in [-0.3, -0.25) is 4.98 Å². The molecule has 1 atom stereocenters. The van der Waals surface area contributed by atoms with Crippen LogP contribution >= 0.6 is 11.6 Å². The second-order valence-electron chi connectivity index (χ2n) is 6.18. The zero-order valence-corrected chi connectivity index (χ0v) is 13.1. The number of fused-ring (bicyclic) bond motifs is 1. The highest BCUT2D eigenvalue weighted by Gasteiger charge is 2.26. The van der Waals surface area contributed by atoms with Gasteiger partial charge in [-0.05, 0) is 24.3 Å². The van der Waals surface area contributed by atoms with Gasteiger partial charge in [0.1, 0.15) is 11.3 Å². The van der Waals surface area contributed by atoms with Gasteiger partial charge in [0.15, 0.2) is 0 Å². The lowest BCUT2D eigenvalue weighted by molar-refractivity contribution is 0.210. The standard InChI is InChI=1S/C15H22ClN3/c1-10(2)15(4,5)9-19-13-6-7-17-8-12(13)18-14(19)11(3)16/h6-8,10-11H,9H2,1-5H3. The number of hydrogen-bond acceptors (Lipinski definition) is 2. The first kappa shape index (κ1) is 14.3. The van der Waals surface area contributed by atoms with Gasteiger partial charge in [-0.1, -0.05) is 27.7 Å². The minimum absolute atomic E-state index is 0.102. The summed E-state index contributed by atoms with van der Waals surface area (Å²) < 4.78 is 2.24. The van der Waals surface area contributed by atoms with Crippen LogP contribution < -0.4 is 0 Å². The first-order valence-corrected chi connectivity index (χ1v) is 7.21. The highest BCUT2D eigenvalue weighted by atomic mass is 35.5. The van der Waals surface area contributed by atoms with Gasteiger partial charge in [0.05, 0.1) is 17.1 Å². The highest BCUT2D eigenvalue weighted by molar-refractivity contribution is 6.20. The molecule has 0 fully saturated rings. The maximum absolute atomic E-state index is 6.28. The molecule has 0 aromatic carbocycles. The number of hydrogen-bond donors (Lipinski definition) is 0. The van der Waals surface area contributed by atoms with Crippen LogP contribution in [0.2, 0.25) is 0 Å². The number of nitrogens with zero attached hydrogens (tertiary/aromatic N) is 3. The molecule has 4 heteroatoms. The van der Waals surface area contributed by atoms with Gasteiger partial charge in [-0.2, -0.15) is 0 Å². The van der Waals surface area contributed by atoms with E-state index in [1.165, 1.54) is 0 Å². The summed E-state index contributed by atoms with van der Waals surface area (Å²) in [6.45, 7) is 12.0.